The minimum atomic E-state index is -3.54. The Morgan fingerprint density at radius 2 is 2.25 bits per heavy atom. The summed E-state index contributed by atoms with van der Waals surface area (Å²) in [6.07, 6.45) is 0.844. The number of aromatic carboxylic acids is 1. The molecule has 1 aromatic rings. The lowest BCUT2D eigenvalue weighted by atomic mass is 10.4. The molecule has 2 atom stereocenters. The van der Waals surface area contributed by atoms with Crippen LogP contribution in [0.5, 0.6) is 0 Å². The summed E-state index contributed by atoms with van der Waals surface area (Å²) >= 11 is 0.925. The van der Waals surface area contributed by atoms with E-state index in [0.29, 0.717) is 5.92 Å². The number of hydrogen-bond donors (Lipinski definition) is 2. The molecule has 1 fully saturated rings. The fourth-order valence-electron chi connectivity index (χ4n) is 1.31. The molecule has 0 spiro atoms. The zero-order chi connectivity index (χ0) is 11.9. The van der Waals surface area contributed by atoms with Crippen molar-refractivity contribution < 1.29 is 18.3 Å². The van der Waals surface area contributed by atoms with Crippen molar-refractivity contribution in [2.45, 2.75) is 23.6 Å². The van der Waals surface area contributed by atoms with E-state index < -0.39 is 16.0 Å². The third-order valence-electron chi connectivity index (χ3n) is 2.50. The Labute approximate surface area is 97.2 Å². The molecule has 0 aromatic carbocycles. The lowest BCUT2D eigenvalue weighted by Gasteiger charge is -2.01. The maximum absolute atomic E-state index is 11.8. The van der Waals surface area contributed by atoms with Crippen molar-refractivity contribution in [2.24, 2.45) is 5.92 Å². The Balaban J connectivity index is 2.18. The quantitative estimate of drug-likeness (QED) is 0.851. The fraction of sp³-hybridized carbons (Fsp3) is 0.444. The molecule has 1 saturated carbocycles. The van der Waals surface area contributed by atoms with Gasteiger partial charge in [-0.2, -0.15) is 0 Å². The van der Waals surface area contributed by atoms with Gasteiger partial charge in [-0.3, -0.25) is 0 Å². The molecule has 1 heterocycles. The van der Waals surface area contributed by atoms with Gasteiger partial charge in [-0.25, -0.2) is 17.9 Å². The zero-order valence-corrected chi connectivity index (χ0v) is 10.1. The molecule has 5 nitrogen and oxygen atoms in total. The average Bonchev–Trinajstić information content (AvgIpc) is 2.71. The van der Waals surface area contributed by atoms with Crippen LogP contribution < -0.4 is 4.72 Å². The van der Waals surface area contributed by atoms with E-state index in [-0.39, 0.29) is 15.8 Å². The van der Waals surface area contributed by atoms with Crippen molar-refractivity contribution in [1.82, 2.24) is 4.72 Å². The van der Waals surface area contributed by atoms with Gasteiger partial charge in [0.15, 0.2) is 0 Å². The van der Waals surface area contributed by atoms with E-state index >= 15 is 0 Å². The van der Waals surface area contributed by atoms with Crippen LogP contribution in [0.4, 0.5) is 0 Å². The summed E-state index contributed by atoms with van der Waals surface area (Å²) in [6, 6.07) is 1.18. The molecular weight excluding hydrogens is 250 g/mol. The van der Waals surface area contributed by atoms with Gasteiger partial charge in [-0.1, -0.05) is 6.92 Å². The minimum Gasteiger partial charge on any atom is -0.478 e. The number of carboxylic acids is 1. The number of carboxylic acid groups (broad SMARTS) is 1. The summed E-state index contributed by atoms with van der Waals surface area (Å²) in [5, 5.41) is 10.0. The molecule has 1 aliphatic carbocycles. The SMILES string of the molecule is CC1CC1NS(=O)(=O)c1cc(C(=O)O)cs1. The summed E-state index contributed by atoms with van der Waals surface area (Å²) in [6.45, 7) is 1.96. The highest BCUT2D eigenvalue weighted by Gasteiger charge is 2.36. The highest BCUT2D eigenvalue weighted by Crippen LogP contribution is 2.31. The first-order chi connectivity index (χ1) is 7.40. The monoisotopic (exact) mass is 261 g/mol. The molecule has 1 aliphatic rings. The number of carbonyl (C=O) groups is 1. The maximum Gasteiger partial charge on any atom is 0.336 e. The summed E-state index contributed by atoms with van der Waals surface area (Å²) in [4.78, 5) is 10.6. The highest BCUT2D eigenvalue weighted by atomic mass is 32.2. The molecule has 2 unspecified atom stereocenters. The van der Waals surface area contributed by atoms with E-state index in [1.807, 2.05) is 6.92 Å². The molecule has 2 rings (SSSR count). The van der Waals surface area contributed by atoms with E-state index in [1.54, 1.807) is 0 Å². The van der Waals surface area contributed by atoms with E-state index in [9.17, 15) is 13.2 Å². The summed E-state index contributed by atoms with van der Waals surface area (Å²) in [7, 11) is -3.54. The van der Waals surface area contributed by atoms with E-state index in [2.05, 4.69) is 4.72 Å². The van der Waals surface area contributed by atoms with E-state index in [1.165, 1.54) is 11.4 Å². The van der Waals surface area contributed by atoms with Gasteiger partial charge in [-0.15, -0.1) is 11.3 Å². The topological polar surface area (TPSA) is 83.5 Å². The maximum atomic E-state index is 11.8. The predicted octanol–water partition coefficient (Wildman–Crippen LogP) is 1.13. The molecule has 0 radical (unpaired) electrons. The molecule has 0 aliphatic heterocycles. The average molecular weight is 261 g/mol. The molecule has 7 heteroatoms. The van der Waals surface area contributed by atoms with Crippen molar-refractivity contribution in [1.29, 1.82) is 0 Å². The van der Waals surface area contributed by atoms with E-state index in [0.717, 1.165) is 17.8 Å². The summed E-state index contributed by atoms with van der Waals surface area (Å²) < 4.78 is 26.1. The largest absolute Gasteiger partial charge is 0.478 e. The number of thiophene rings is 1. The second-order valence-electron chi connectivity index (χ2n) is 3.90. The highest BCUT2D eigenvalue weighted by molar-refractivity contribution is 7.91. The Bertz CT molecular complexity index is 519. The Morgan fingerprint density at radius 3 is 2.69 bits per heavy atom. The van der Waals surface area contributed by atoms with Crippen LogP contribution in [0, 0.1) is 5.92 Å². The van der Waals surface area contributed by atoms with Crippen LogP contribution in [0.3, 0.4) is 0 Å². The lowest BCUT2D eigenvalue weighted by Crippen LogP contribution is -2.26. The first kappa shape index (κ1) is 11.6. The van der Waals surface area contributed by atoms with Crippen molar-refractivity contribution in [3.63, 3.8) is 0 Å². The van der Waals surface area contributed by atoms with Crippen molar-refractivity contribution in [3.8, 4) is 0 Å². The molecule has 1 aromatic heterocycles. The molecular formula is C9H11NO4S2. The van der Waals surface area contributed by atoms with Crippen LogP contribution in [0.15, 0.2) is 15.7 Å². The fourth-order valence-corrected chi connectivity index (χ4v) is 3.84. The molecule has 16 heavy (non-hydrogen) atoms. The smallest absolute Gasteiger partial charge is 0.336 e. The van der Waals surface area contributed by atoms with Crippen molar-refractivity contribution >= 4 is 27.3 Å². The molecule has 0 amide bonds. The second kappa shape index (κ2) is 3.83. The predicted molar refractivity (Wildman–Crippen MR) is 59.2 cm³/mol. The van der Waals surface area contributed by atoms with Crippen molar-refractivity contribution in [2.75, 3.05) is 0 Å². The first-order valence-electron chi connectivity index (χ1n) is 4.74. The van der Waals surface area contributed by atoms with Crippen LogP contribution in [0.2, 0.25) is 0 Å². The number of sulfonamides is 1. The zero-order valence-electron chi connectivity index (χ0n) is 8.50. The minimum absolute atomic E-state index is 0.000350. The summed E-state index contributed by atoms with van der Waals surface area (Å²) in [5.74, 6) is -0.744. The normalized spacial score (nSPS) is 24.3. The van der Waals surface area contributed by atoms with Gasteiger partial charge in [0.25, 0.3) is 0 Å². The Morgan fingerprint density at radius 1 is 1.62 bits per heavy atom. The van der Waals surface area contributed by atoms with Crippen LogP contribution in [0.1, 0.15) is 23.7 Å². The standard InChI is InChI=1S/C9H11NO4S2/c1-5-2-7(5)10-16(13,14)8-3-6(4-15-8)9(11)12/h3-5,7,10H,2H2,1H3,(H,11,12). The number of nitrogens with one attached hydrogen (secondary N) is 1. The van der Waals surface area contributed by atoms with Crippen molar-refractivity contribution in [3.05, 3.63) is 17.0 Å². The van der Waals surface area contributed by atoms with Crippen LogP contribution in [0.25, 0.3) is 0 Å². The molecule has 2 N–H and O–H groups in total. The van der Waals surface area contributed by atoms with Gasteiger partial charge in [-0.05, 0) is 18.4 Å². The van der Waals surface area contributed by atoms with Gasteiger partial charge in [0.2, 0.25) is 10.0 Å². The third kappa shape index (κ3) is 2.26. The van der Waals surface area contributed by atoms with Gasteiger partial charge >= 0.3 is 5.97 Å². The summed E-state index contributed by atoms with van der Waals surface area (Å²) in [5.41, 5.74) is 0.00854. The van der Waals surface area contributed by atoms with Gasteiger partial charge in [0, 0.05) is 11.4 Å². The second-order valence-corrected chi connectivity index (χ2v) is 6.75. The third-order valence-corrected chi connectivity index (χ3v) is 5.43. The van der Waals surface area contributed by atoms with Crippen LogP contribution >= 0.6 is 11.3 Å². The Hall–Kier alpha value is -0.920. The lowest BCUT2D eigenvalue weighted by molar-refractivity contribution is 0.0697. The molecule has 88 valence electrons. The van der Waals surface area contributed by atoms with Gasteiger partial charge < -0.3 is 5.11 Å². The molecule has 0 saturated heterocycles. The molecule has 0 bridgehead atoms. The number of hydrogen-bond acceptors (Lipinski definition) is 4. The van der Waals surface area contributed by atoms with E-state index in [4.69, 9.17) is 5.11 Å². The Kier molecular flexibility index (Phi) is 2.77. The van der Waals surface area contributed by atoms with Crippen LogP contribution in [-0.2, 0) is 10.0 Å². The first-order valence-corrected chi connectivity index (χ1v) is 7.10. The van der Waals surface area contributed by atoms with Gasteiger partial charge in [0.1, 0.15) is 4.21 Å². The van der Waals surface area contributed by atoms with Crippen LogP contribution in [-0.4, -0.2) is 25.5 Å². The number of rotatable bonds is 4. The van der Waals surface area contributed by atoms with Gasteiger partial charge in [0.05, 0.1) is 5.56 Å².